The molecule has 0 unspecified atom stereocenters. The Balaban J connectivity index is 2.55. The Morgan fingerprint density at radius 1 is 1.17 bits per heavy atom. The van der Waals surface area contributed by atoms with Crippen molar-refractivity contribution >= 4 is 11.8 Å². The minimum absolute atomic E-state index is 0.00430. The van der Waals surface area contributed by atoms with Gasteiger partial charge in [0, 0.05) is 12.0 Å². The smallest absolute Gasteiger partial charge is 0.306 e. The van der Waals surface area contributed by atoms with Gasteiger partial charge in [0.05, 0.1) is 13.0 Å². The fourth-order valence-electron chi connectivity index (χ4n) is 1.69. The first-order valence-corrected chi connectivity index (χ1v) is 6.31. The number of ketones is 1. The van der Waals surface area contributed by atoms with Gasteiger partial charge >= 0.3 is 5.97 Å². The van der Waals surface area contributed by atoms with Crippen LogP contribution < -0.4 is 0 Å². The van der Waals surface area contributed by atoms with Gasteiger partial charge in [-0.15, -0.1) is 0 Å². The maximum atomic E-state index is 12.0. The summed E-state index contributed by atoms with van der Waals surface area (Å²) in [5.74, 6) is -0.292. The molecule has 18 heavy (non-hydrogen) atoms. The fraction of sp³-hybridized carbons (Fsp3) is 0.467. The van der Waals surface area contributed by atoms with Crippen LogP contribution in [0.2, 0.25) is 0 Å². The summed E-state index contributed by atoms with van der Waals surface area (Å²) in [7, 11) is 0. The molecule has 0 aliphatic heterocycles. The predicted molar refractivity (Wildman–Crippen MR) is 70.7 cm³/mol. The summed E-state index contributed by atoms with van der Waals surface area (Å²) >= 11 is 0. The molecule has 0 heterocycles. The molecule has 0 amide bonds. The highest BCUT2D eigenvalue weighted by Gasteiger charge is 2.12. The van der Waals surface area contributed by atoms with E-state index in [-0.39, 0.29) is 24.6 Å². The molecule has 3 heteroatoms. The predicted octanol–water partition coefficient (Wildman–Crippen LogP) is 3.22. The topological polar surface area (TPSA) is 43.4 Å². The summed E-state index contributed by atoms with van der Waals surface area (Å²) in [4.78, 5) is 23.3. The highest BCUT2D eigenvalue weighted by molar-refractivity contribution is 5.99. The van der Waals surface area contributed by atoms with Crippen LogP contribution in [0.25, 0.3) is 0 Å². The van der Waals surface area contributed by atoms with Crippen LogP contribution in [0, 0.1) is 13.8 Å². The highest BCUT2D eigenvalue weighted by atomic mass is 16.5. The van der Waals surface area contributed by atoms with E-state index in [9.17, 15) is 9.59 Å². The van der Waals surface area contributed by atoms with Gasteiger partial charge in [0.25, 0.3) is 0 Å². The fourth-order valence-corrected chi connectivity index (χ4v) is 1.69. The lowest BCUT2D eigenvalue weighted by atomic mass is 9.98. The summed E-state index contributed by atoms with van der Waals surface area (Å²) in [5, 5.41) is 0. The van der Waals surface area contributed by atoms with Crippen molar-refractivity contribution in [3.8, 4) is 0 Å². The standard InChI is InChI=1S/C15H20O3/c1-4-10-18-15(17)9-8-14(16)13-7-5-6-11(2)12(13)3/h5-7H,4,8-10H2,1-3H3. The largest absolute Gasteiger partial charge is 0.466 e. The van der Waals surface area contributed by atoms with Crippen LogP contribution in [0.3, 0.4) is 0 Å². The normalized spacial score (nSPS) is 10.2. The van der Waals surface area contributed by atoms with E-state index in [0.717, 1.165) is 17.5 Å². The first kappa shape index (κ1) is 14.4. The molecule has 0 spiro atoms. The Morgan fingerprint density at radius 2 is 1.89 bits per heavy atom. The second-order valence-corrected chi connectivity index (χ2v) is 4.39. The third-order valence-electron chi connectivity index (χ3n) is 2.93. The first-order chi connectivity index (χ1) is 8.56. The van der Waals surface area contributed by atoms with Crippen LogP contribution in [0.5, 0.6) is 0 Å². The van der Waals surface area contributed by atoms with E-state index in [2.05, 4.69) is 0 Å². The monoisotopic (exact) mass is 248 g/mol. The van der Waals surface area contributed by atoms with E-state index < -0.39 is 0 Å². The van der Waals surface area contributed by atoms with Gasteiger partial charge in [-0.2, -0.15) is 0 Å². The molecule has 1 rings (SSSR count). The molecule has 0 aromatic heterocycles. The van der Waals surface area contributed by atoms with Gasteiger partial charge in [-0.05, 0) is 31.4 Å². The number of esters is 1. The van der Waals surface area contributed by atoms with Gasteiger partial charge in [0.1, 0.15) is 0 Å². The molecule has 0 fully saturated rings. The van der Waals surface area contributed by atoms with Gasteiger partial charge in [-0.25, -0.2) is 0 Å². The molecule has 0 saturated heterocycles. The quantitative estimate of drug-likeness (QED) is 0.573. The molecule has 0 atom stereocenters. The molecule has 3 nitrogen and oxygen atoms in total. The van der Waals surface area contributed by atoms with E-state index in [1.165, 1.54) is 0 Å². The van der Waals surface area contributed by atoms with Crippen LogP contribution >= 0.6 is 0 Å². The molecule has 0 N–H and O–H groups in total. The molecule has 0 saturated carbocycles. The average molecular weight is 248 g/mol. The van der Waals surface area contributed by atoms with Crippen LogP contribution in [-0.4, -0.2) is 18.4 Å². The number of hydrogen-bond donors (Lipinski definition) is 0. The second-order valence-electron chi connectivity index (χ2n) is 4.39. The summed E-state index contributed by atoms with van der Waals surface area (Å²) in [6.07, 6.45) is 1.18. The lowest BCUT2D eigenvalue weighted by molar-refractivity contribution is -0.143. The molecule has 98 valence electrons. The lowest BCUT2D eigenvalue weighted by Crippen LogP contribution is -2.09. The summed E-state index contributed by atoms with van der Waals surface area (Å²) in [5.41, 5.74) is 2.79. The zero-order valence-electron chi connectivity index (χ0n) is 11.3. The van der Waals surface area contributed by atoms with Gasteiger partial charge in [0.2, 0.25) is 0 Å². The van der Waals surface area contributed by atoms with Crippen molar-refractivity contribution in [1.82, 2.24) is 0 Å². The van der Waals surface area contributed by atoms with Gasteiger partial charge in [0.15, 0.2) is 5.78 Å². The van der Waals surface area contributed by atoms with E-state index in [0.29, 0.717) is 12.2 Å². The minimum atomic E-state index is -0.296. The summed E-state index contributed by atoms with van der Waals surface area (Å²) in [6, 6.07) is 5.65. The molecule has 0 radical (unpaired) electrons. The Bertz CT molecular complexity index is 435. The molecular formula is C15H20O3. The average Bonchev–Trinajstić information content (AvgIpc) is 2.36. The van der Waals surface area contributed by atoms with Crippen molar-refractivity contribution in [2.24, 2.45) is 0 Å². The molecule has 0 bridgehead atoms. The Labute approximate surface area is 108 Å². The minimum Gasteiger partial charge on any atom is -0.466 e. The summed E-state index contributed by atoms with van der Waals surface area (Å²) in [6.45, 7) is 6.27. The van der Waals surface area contributed by atoms with Crippen molar-refractivity contribution in [2.75, 3.05) is 6.61 Å². The number of Topliss-reactive ketones (excluding diaryl/α,β-unsaturated/α-hetero) is 1. The van der Waals surface area contributed by atoms with Crippen LogP contribution in [-0.2, 0) is 9.53 Å². The third-order valence-corrected chi connectivity index (χ3v) is 2.93. The SMILES string of the molecule is CCCOC(=O)CCC(=O)c1cccc(C)c1C. The van der Waals surface area contributed by atoms with Crippen LogP contribution in [0.4, 0.5) is 0 Å². The number of hydrogen-bond acceptors (Lipinski definition) is 3. The van der Waals surface area contributed by atoms with Crippen molar-refractivity contribution in [3.05, 3.63) is 34.9 Å². The van der Waals surface area contributed by atoms with Crippen molar-refractivity contribution in [2.45, 2.75) is 40.0 Å². The second kappa shape index (κ2) is 6.94. The highest BCUT2D eigenvalue weighted by Crippen LogP contribution is 2.15. The molecule has 0 aliphatic carbocycles. The number of carbonyl (C=O) groups is 2. The molecular weight excluding hydrogens is 228 g/mol. The van der Waals surface area contributed by atoms with Crippen molar-refractivity contribution in [3.63, 3.8) is 0 Å². The maximum absolute atomic E-state index is 12.0. The molecule has 1 aromatic rings. The number of carbonyl (C=O) groups excluding carboxylic acids is 2. The number of benzene rings is 1. The van der Waals surface area contributed by atoms with Crippen molar-refractivity contribution in [1.29, 1.82) is 0 Å². The third kappa shape index (κ3) is 3.99. The van der Waals surface area contributed by atoms with Crippen LogP contribution in [0.15, 0.2) is 18.2 Å². The molecule has 0 aliphatic rings. The van der Waals surface area contributed by atoms with Gasteiger partial charge in [-0.1, -0.05) is 25.1 Å². The number of aryl methyl sites for hydroxylation is 1. The van der Waals surface area contributed by atoms with E-state index in [1.54, 1.807) is 0 Å². The van der Waals surface area contributed by atoms with Gasteiger partial charge < -0.3 is 4.74 Å². The Morgan fingerprint density at radius 3 is 2.56 bits per heavy atom. The van der Waals surface area contributed by atoms with E-state index >= 15 is 0 Å². The Kier molecular flexibility index (Phi) is 5.56. The number of rotatable bonds is 6. The number of ether oxygens (including phenoxy) is 1. The Hall–Kier alpha value is -1.64. The van der Waals surface area contributed by atoms with E-state index in [4.69, 9.17) is 4.74 Å². The van der Waals surface area contributed by atoms with Crippen molar-refractivity contribution < 1.29 is 14.3 Å². The zero-order chi connectivity index (χ0) is 13.5. The molecule has 1 aromatic carbocycles. The maximum Gasteiger partial charge on any atom is 0.306 e. The van der Waals surface area contributed by atoms with Crippen LogP contribution in [0.1, 0.15) is 47.7 Å². The first-order valence-electron chi connectivity index (χ1n) is 6.31. The zero-order valence-corrected chi connectivity index (χ0v) is 11.3. The lowest BCUT2D eigenvalue weighted by Gasteiger charge is -2.07. The summed E-state index contributed by atoms with van der Waals surface area (Å²) < 4.78 is 4.94. The van der Waals surface area contributed by atoms with E-state index in [1.807, 2.05) is 39.0 Å². The van der Waals surface area contributed by atoms with Gasteiger partial charge in [-0.3, -0.25) is 9.59 Å².